The topological polar surface area (TPSA) is 21.3 Å². The third-order valence-corrected chi connectivity index (χ3v) is 4.21. The van der Waals surface area contributed by atoms with Crippen LogP contribution in [-0.2, 0) is 4.74 Å². The van der Waals surface area contributed by atoms with E-state index in [2.05, 4.69) is 5.32 Å². The van der Waals surface area contributed by atoms with E-state index in [1.54, 1.807) is 23.1 Å². The van der Waals surface area contributed by atoms with Crippen molar-refractivity contribution in [3.8, 4) is 0 Å². The zero-order chi connectivity index (χ0) is 9.10. The highest BCUT2D eigenvalue weighted by molar-refractivity contribution is 8.01. The van der Waals surface area contributed by atoms with Crippen LogP contribution in [0.3, 0.4) is 0 Å². The Morgan fingerprint density at radius 3 is 3.15 bits per heavy atom. The van der Waals surface area contributed by atoms with E-state index in [-0.39, 0.29) is 0 Å². The average Bonchev–Trinajstić information content (AvgIpc) is 2.53. The molecule has 1 N–H and O–H groups in total. The number of morpholine rings is 1. The molecule has 1 unspecified atom stereocenters. The van der Waals surface area contributed by atoms with Gasteiger partial charge in [0.15, 0.2) is 0 Å². The zero-order valence-electron chi connectivity index (χ0n) is 6.96. The number of ether oxygens (including phenoxy) is 1. The molecule has 0 radical (unpaired) electrons. The van der Waals surface area contributed by atoms with E-state index in [4.69, 9.17) is 16.3 Å². The van der Waals surface area contributed by atoms with Gasteiger partial charge in [0.25, 0.3) is 0 Å². The fourth-order valence-corrected chi connectivity index (χ4v) is 3.63. The standard InChI is InChI=1S/C8H10ClNOS2/c9-6-1-2-8(12-6)13-7-5-11-4-3-10-7/h1-2,7,10H,3-5H2. The Morgan fingerprint density at radius 1 is 1.62 bits per heavy atom. The van der Waals surface area contributed by atoms with Gasteiger partial charge in [-0.25, -0.2) is 0 Å². The van der Waals surface area contributed by atoms with Crippen molar-refractivity contribution >= 4 is 34.7 Å². The first kappa shape index (κ1) is 9.80. The molecule has 2 nitrogen and oxygen atoms in total. The maximum Gasteiger partial charge on any atom is 0.0940 e. The molecule has 0 amide bonds. The fourth-order valence-electron chi connectivity index (χ4n) is 1.12. The molecule has 0 aliphatic carbocycles. The minimum atomic E-state index is 0.378. The predicted molar refractivity (Wildman–Crippen MR) is 57.8 cm³/mol. The molecule has 2 heterocycles. The van der Waals surface area contributed by atoms with Crippen LogP contribution in [0, 0.1) is 0 Å². The lowest BCUT2D eigenvalue weighted by molar-refractivity contribution is 0.100. The van der Waals surface area contributed by atoms with Crippen LogP contribution in [0.2, 0.25) is 4.34 Å². The number of hydrogen-bond acceptors (Lipinski definition) is 4. The molecule has 0 aromatic carbocycles. The lowest BCUT2D eigenvalue weighted by atomic mass is 10.5. The lowest BCUT2D eigenvalue weighted by Gasteiger charge is -2.22. The van der Waals surface area contributed by atoms with Crippen LogP contribution < -0.4 is 5.32 Å². The molecular formula is C8H10ClNOS2. The van der Waals surface area contributed by atoms with Crippen LogP contribution in [0.5, 0.6) is 0 Å². The largest absolute Gasteiger partial charge is 0.378 e. The number of thioether (sulfide) groups is 1. The second-order valence-electron chi connectivity index (χ2n) is 2.69. The Labute approximate surface area is 90.6 Å². The molecule has 13 heavy (non-hydrogen) atoms. The Kier molecular flexibility index (Phi) is 3.51. The third-order valence-electron chi connectivity index (χ3n) is 1.69. The Balaban J connectivity index is 1.89. The number of halogens is 1. The van der Waals surface area contributed by atoms with E-state index in [1.165, 1.54) is 4.21 Å². The lowest BCUT2D eigenvalue weighted by Crippen LogP contribution is -2.38. The van der Waals surface area contributed by atoms with Gasteiger partial charge < -0.3 is 10.1 Å². The summed E-state index contributed by atoms with van der Waals surface area (Å²) in [4.78, 5) is 0. The maximum absolute atomic E-state index is 5.83. The van der Waals surface area contributed by atoms with Crippen molar-refractivity contribution < 1.29 is 4.74 Å². The van der Waals surface area contributed by atoms with E-state index in [0.29, 0.717) is 5.37 Å². The van der Waals surface area contributed by atoms with E-state index < -0.39 is 0 Å². The van der Waals surface area contributed by atoms with E-state index in [1.807, 2.05) is 12.1 Å². The normalized spacial score (nSPS) is 23.3. The minimum absolute atomic E-state index is 0.378. The number of thiophene rings is 1. The quantitative estimate of drug-likeness (QED) is 0.851. The average molecular weight is 236 g/mol. The molecule has 72 valence electrons. The van der Waals surface area contributed by atoms with Gasteiger partial charge in [0, 0.05) is 6.54 Å². The highest BCUT2D eigenvalue weighted by Crippen LogP contribution is 2.32. The number of rotatable bonds is 2. The highest BCUT2D eigenvalue weighted by Gasteiger charge is 2.14. The van der Waals surface area contributed by atoms with Crippen molar-refractivity contribution in [2.24, 2.45) is 0 Å². The van der Waals surface area contributed by atoms with Gasteiger partial charge >= 0.3 is 0 Å². The summed E-state index contributed by atoms with van der Waals surface area (Å²) >= 11 is 9.23. The van der Waals surface area contributed by atoms with E-state index in [9.17, 15) is 0 Å². The summed E-state index contributed by atoms with van der Waals surface area (Å²) in [6.07, 6.45) is 0. The first-order valence-corrected chi connectivity index (χ1v) is 6.15. The van der Waals surface area contributed by atoms with Gasteiger partial charge in [-0.2, -0.15) is 0 Å². The van der Waals surface area contributed by atoms with Crippen molar-refractivity contribution in [1.29, 1.82) is 0 Å². The zero-order valence-corrected chi connectivity index (χ0v) is 9.35. The van der Waals surface area contributed by atoms with Crippen molar-refractivity contribution in [1.82, 2.24) is 5.32 Å². The van der Waals surface area contributed by atoms with Crippen molar-refractivity contribution in [2.75, 3.05) is 19.8 Å². The van der Waals surface area contributed by atoms with Gasteiger partial charge in [-0.05, 0) is 12.1 Å². The van der Waals surface area contributed by atoms with Gasteiger partial charge in [0.1, 0.15) is 0 Å². The second-order valence-corrected chi connectivity index (χ2v) is 5.91. The molecule has 5 heteroatoms. The molecule has 1 aromatic heterocycles. The van der Waals surface area contributed by atoms with Gasteiger partial charge in [-0.1, -0.05) is 23.4 Å². The Morgan fingerprint density at radius 2 is 2.54 bits per heavy atom. The van der Waals surface area contributed by atoms with E-state index >= 15 is 0 Å². The summed E-state index contributed by atoms with van der Waals surface area (Å²) in [6.45, 7) is 2.54. The molecule has 1 atom stereocenters. The summed E-state index contributed by atoms with van der Waals surface area (Å²) in [5.74, 6) is 0. The fraction of sp³-hybridized carbons (Fsp3) is 0.500. The van der Waals surface area contributed by atoms with Crippen LogP contribution >= 0.6 is 34.7 Å². The molecule has 1 fully saturated rings. The van der Waals surface area contributed by atoms with Crippen LogP contribution in [-0.4, -0.2) is 25.1 Å². The molecule has 0 spiro atoms. The van der Waals surface area contributed by atoms with Crippen LogP contribution in [0.25, 0.3) is 0 Å². The monoisotopic (exact) mass is 235 g/mol. The molecule has 1 aromatic rings. The summed E-state index contributed by atoms with van der Waals surface area (Å²) in [6, 6.07) is 3.98. The first-order chi connectivity index (χ1) is 6.34. The smallest absolute Gasteiger partial charge is 0.0940 e. The van der Waals surface area contributed by atoms with Gasteiger partial charge in [-0.3, -0.25) is 0 Å². The molecule has 1 aliphatic heterocycles. The molecule has 2 rings (SSSR count). The maximum atomic E-state index is 5.83. The number of hydrogen-bond donors (Lipinski definition) is 1. The summed E-state index contributed by atoms with van der Waals surface area (Å²) in [5.41, 5.74) is 0. The van der Waals surface area contributed by atoms with Crippen molar-refractivity contribution in [2.45, 2.75) is 9.58 Å². The van der Waals surface area contributed by atoms with Gasteiger partial charge in [-0.15, -0.1) is 11.3 Å². The Bertz CT molecular complexity index is 273. The molecule has 0 bridgehead atoms. The highest BCUT2D eigenvalue weighted by atomic mass is 35.5. The van der Waals surface area contributed by atoms with Crippen LogP contribution in [0.1, 0.15) is 0 Å². The Hall–Kier alpha value is 0.260. The van der Waals surface area contributed by atoms with Gasteiger partial charge in [0.05, 0.1) is 27.1 Å². The molecule has 0 saturated carbocycles. The number of nitrogens with one attached hydrogen (secondary N) is 1. The third kappa shape index (κ3) is 2.86. The van der Waals surface area contributed by atoms with Gasteiger partial charge in [0.2, 0.25) is 0 Å². The summed E-state index contributed by atoms with van der Waals surface area (Å²) in [7, 11) is 0. The predicted octanol–water partition coefficient (Wildman–Crippen LogP) is 2.44. The first-order valence-electron chi connectivity index (χ1n) is 4.08. The minimum Gasteiger partial charge on any atom is -0.378 e. The van der Waals surface area contributed by atoms with E-state index in [0.717, 1.165) is 24.1 Å². The van der Waals surface area contributed by atoms with Crippen LogP contribution in [0.15, 0.2) is 16.3 Å². The van der Waals surface area contributed by atoms with Crippen LogP contribution in [0.4, 0.5) is 0 Å². The van der Waals surface area contributed by atoms with Crippen molar-refractivity contribution in [3.05, 3.63) is 16.5 Å². The molecule has 1 saturated heterocycles. The molecule has 1 aliphatic rings. The second kappa shape index (κ2) is 4.66. The molecular weight excluding hydrogens is 226 g/mol. The van der Waals surface area contributed by atoms with Crippen molar-refractivity contribution in [3.63, 3.8) is 0 Å². The SMILES string of the molecule is Clc1ccc(SC2COCCN2)s1. The summed E-state index contributed by atoms with van der Waals surface area (Å²) < 4.78 is 7.44. The summed E-state index contributed by atoms with van der Waals surface area (Å²) in [5, 5.41) is 3.76.